The van der Waals surface area contributed by atoms with Gasteiger partial charge in [0.05, 0.1) is 21.3 Å². The maximum Gasteiger partial charge on any atom is 0.272 e. The molecule has 1 aliphatic carbocycles. The first-order valence-corrected chi connectivity index (χ1v) is 10.00. The zero-order valence-electron chi connectivity index (χ0n) is 17.7. The highest BCUT2D eigenvalue weighted by atomic mass is 19.1. The molecule has 8 heteroatoms. The topological polar surface area (TPSA) is 74.6 Å². The van der Waals surface area contributed by atoms with E-state index in [0.717, 1.165) is 36.1 Å². The number of nitrogens with one attached hydrogen (secondary N) is 1. The molecule has 0 saturated heterocycles. The molecule has 3 aromatic rings. The van der Waals surface area contributed by atoms with Crippen molar-refractivity contribution in [3.8, 4) is 22.9 Å². The fourth-order valence-electron chi connectivity index (χ4n) is 3.95. The van der Waals surface area contributed by atoms with Gasteiger partial charge in [0.15, 0.2) is 17.2 Å². The second-order valence-corrected chi connectivity index (χ2v) is 7.21. The predicted octanol–water partition coefficient (Wildman–Crippen LogP) is 3.46. The second-order valence-electron chi connectivity index (χ2n) is 7.21. The number of hydrogen-bond donors (Lipinski definition) is 1. The number of ether oxygens (including phenoxy) is 3. The molecule has 1 heterocycles. The number of carbonyl (C=O) groups excluding carboxylic acids is 1. The van der Waals surface area contributed by atoms with Crippen LogP contribution < -0.4 is 19.5 Å². The van der Waals surface area contributed by atoms with Crippen LogP contribution in [0.25, 0.3) is 5.69 Å². The highest BCUT2D eigenvalue weighted by Crippen LogP contribution is 2.38. The molecule has 31 heavy (non-hydrogen) atoms. The van der Waals surface area contributed by atoms with Gasteiger partial charge in [-0.2, -0.15) is 5.10 Å². The van der Waals surface area contributed by atoms with Crippen molar-refractivity contribution < 1.29 is 23.4 Å². The van der Waals surface area contributed by atoms with Gasteiger partial charge in [-0.1, -0.05) is 12.1 Å². The highest BCUT2D eigenvalue weighted by Gasteiger charge is 2.27. The third-order valence-electron chi connectivity index (χ3n) is 5.40. The van der Waals surface area contributed by atoms with Crippen LogP contribution in [0.5, 0.6) is 17.2 Å². The van der Waals surface area contributed by atoms with Crippen molar-refractivity contribution in [1.82, 2.24) is 15.1 Å². The van der Waals surface area contributed by atoms with Crippen LogP contribution in [0.3, 0.4) is 0 Å². The first kappa shape index (κ1) is 20.7. The summed E-state index contributed by atoms with van der Waals surface area (Å²) in [5, 5.41) is 7.37. The number of methoxy groups -OCH3 is 3. The van der Waals surface area contributed by atoms with Crippen LogP contribution in [0.1, 0.15) is 33.7 Å². The molecule has 0 unspecified atom stereocenters. The number of aromatic nitrogens is 2. The molecule has 4 rings (SSSR count). The fraction of sp³-hybridized carbons (Fsp3) is 0.304. The summed E-state index contributed by atoms with van der Waals surface area (Å²) in [7, 11) is 4.62. The molecule has 1 N–H and O–H groups in total. The minimum absolute atomic E-state index is 0.247. The Kier molecular flexibility index (Phi) is 5.79. The van der Waals surface area contributed by atoms with Crippen molar-refractivity contribution in [1.29, 1.82) is 0 Å². The van der Waals surface area contributed by atoms with E-state index in [1.54, 1.807) is 35.0 Å². The average Bonchev–Trinajstić information content (AvgIpc) is 3.40. The zero-order chi connectivity index (χ0) is 22.0. The van der Waals surface area contributed by atoms with Crippen LogP contribution in [0.2, 0.25) is 0 Å². The molecule has 1 aromatic heterocycles. The van der Waals surface area contributed by atoms with Gasteiger partial charge < -0.3 is 19.5 Å². The van der Waals surface area contributed by atoms with Gasteiger partial charge in [0.1, 0.15) is 11.5 Å². The number of benzene rings is 2. The number of rotatable bonds is 7. The van der Waals surface area contributed by atoms with E-state index >= 15 is 0 Å². The van der Waals surface area contributed by atoms with Gasteiger partial charge >= 0.3 is 0 Å². The Labute approximate surface area is 179 Å². The number of amides is 1. The second kappa shape index (κ2) is 8.67. The molecule has 0 saturated carbocycles. The summed E-state index contributed by atoms with van der Waals surface area (Å²) in [5.41, 5.74) is 3.24. The van der Waals surface area contributed by atoms with Gasteiger partial charge in [-0.15, -0.1) is 0 Å². The van der Waals surface area contributed by atoms with E-state index in [1.807, 2.05) is 0 Å². The Morgan fingerprint density at radius 3 is 2.45 bits per heavy atom. The van der Waals surface area contributed by atoms with Crippen molar-refractivity contribution in [3.63, 3.8) is 0 Å². The van der Waals surface area contributed by atoms with Crippen LogP contribution in [0.4, 0.5) is 4.39 Å². The molecule has 0 atom stereocenters. The molecule has 0 aliphatic heterocycles. The van der Waals surface area contributed by atoms with E-state index in [2.05, 4.69) is 10.4 Å². The largest absolute Gasteiger partial charge is 0.493 e. The Bertz CT molecular complexity index is 1100. The van der Waals surface area contributed by atoms with Crippen LogP contribution in [-0.4, -0.2) is 37.0 Å². The Morgan fingerprint density at radius 2 is 1.81 bits per heavy atom. The van der Waals surface area contributed by atoms with Gasteiger partial charge in [-0.25, -0.2) is 9.07 Å². The van der Waals surface area contributed by atoms with E-state index in [1.165, 1.54) is 27.4 Å². The van der Waals surface area contributed by atoms with E-state index in [0.29, 0.717) is 28.6 Å². The third-order valence-corrected chi connectivity index (χ3v) is 5.40. The van der Waals surface area contributed by atoms with Crippen molar-refractivity contribution >= 4 is 5.91 Å². The normalized spacial score (nSPS) is 12.4. The van der Waals surface area contributed by atoms with E-state index in [9.17, 15) is 9.18 Å². The number of nitrogens with zero attached hydrogens (tertiary/aromatic N) is 2. The molecule has 2 aromatic carbocycles. The summed E-state index contributed by atoms with van der Waals surface area (Å²) in [5.74, 6) is 0.833. The van der Waals surface area contributed by atoms with Gasteiger partial charge in [0, 0.05) is 17.8 Å². The minimum Gasteiger partial charge on any atom is -0.493 e. The fourth-order valence-corrected chi connectivity index (χ4v) is 3.95. The maximum atomic E-state index is 14.3. The van der Waals surface area contributed by atoms with Gasteiger partial charge in [0.2, 0.25) is 5.75 Å². The molecule has 1 aliphatic rings. The molecular formula is C23H24FN3O4. The zero-order valence-corrected chi connectivity index (χ0v) is 17.7. The van der Waals surface area contributed by atoms with E-state index < -0.39 is 0 Å². The molecule has 0 fully saturated rings. The number of carbonyl (C=O) groups is 1. The van der Waals surface area contributed by atoms with Crippen molar-refractivity contribution in [3.05, 3.63) is 64.7 Å². The lowest BCUT2D eigenvalue weighted by atomic mass is 10.1. The summed E-state index contributed by atoms with van der Waals surface area (Å²) in [6.45, 7) is 0.247. The average molecular weight is 425 g/mol. The smallest absolute Gasteiger partial charge is 0.272 e. The first-order valence-electron chi connectivity index (χ1n) is 10.00. The number of para-hydroxylation sites is 1. The number of fused-ring (bicyclic) bond motifs is 1. The maximum absolute atomic E-state index is 14.3. The summed E-state index contributed by atoms with van der Waals surface area (Å²) in [6, 6.07) is 10.0. The molecule has 0 bridgehead atoms. The lowest BCUT2D eigenvalue weighted by molar-refractivity contribution is 0.0944. The lowest BCUT2D eigenvalue weighted by Gasteiger charge is -2.14. The SMILES string of the molecule is COc1cc(CNC(=O)c2nn(-c3ccccc3F)c3c2CCC3)cc(OC)c1OC. The Balaban J connectivity index is 1.59. The van der Waals surface area contributed by atoms with Gasteiger partial charge in [0.25, 0.3) is 5.91 Å². The lowest BCUT2D eigenvalue weighted by Crippen LogP contribution is -2.24. The summed E-state index contributed by atoms with van der Waals surface area (Å²) in [4.78, 5) is 13.0. The summed E-state index contributed by atoms with van der Waals surface area (Å²) >= 11 is 0. The van der Waals surface area contributed by atoms with E-state index in [4.69, 9.17) is 14.2 Å². The summed E-state index contributed by atoms with van der Waals surface area (Å²) in [6.07, 6.45) is 2.42. The van der Waals surface area contributed by atoms with Crippen LogP contribution in [-0.2, 0) is 19.4 Å². The third kappa shape index (κ3) is 3.81. The highest BCUT2D eigenvalue weighted by molar-refractivity contribution is 5.94. The quantitative estimate of drug-likeness (QED) is 0.628. The number of halogens is 1. The molecule has 0 radical (unpaired) electrons. The van der Waals surface area contributed by atoms with Crippen LogP contribution in [0, 0.1) is 5.82 Å². The standard InChI is InChI=1S/C23H24FN3O4/c1-29-19-11-14(12-20(30-2)22(19)31-3)13-25-23(28)21-15-7-6-10-17(15)27(26-21)18-9-5-4-8-16(18)24/h4-5,8-9,11-12H,6-7,10,13H2,1-3H3,(H,25,28). The first-order chi connectivity index (χ1) is 15.1. The summed E-state index contributed by atoms with van der Waals surface area (Å²) < 4.78 is 32.0. The molecule has 1 amide bonds. The van der Waals surface area contributed by atoms with Crippen molar-refractivity contribution in [2.24, 2.45) is 0 Å². The number of hydrogen-bond acceptors (Lipinski definition) is 5. The molecule has 7 nitrogen and oxygen atoms in total. The monoisotopic (exact) mass is 425 g/mol. The van der Waals surface area contributed by atoms with Crippen LogP contribution >= 0.6 is 0 Å². The Hall–Kier alpha value is -3.55. The minimum atomic E-state index is -0.371. The van der Waals surface area contributed by atoms with Crippen molar-refractivity contribution in [2.75, 3.05) is 21.3 Å². The molecule has 0 spiro atoms. The Morgan fingerprint density at radius 1 is 1.10 bits per heavy atom. The van der Waals surface area contributed by atoms with Crippen molar-refractivity contribution in [2.45, 2.75) is 25.8 Å². The van der Waals surface area contributed by atoms with Crippen LogP contribution in [0.15, 0.2) is 36.4 Å². The molecule has 162 valence electrons. The predicted molar refractivity (Wildman–Crippen MR) is 113 cm³/mol. The van der Waals surface area contributed by atoms with Gasteiger partial charge in [-0.3, -0.25) is 4.79 Å². The van der Waals surface area contributed by atoms with E-state index in [-0.39, 0.29) is 18.3 Å². The van der Waals surface area contributed by atoms with Gasteiger partial charge in [-0.05, 0) is 49.1 Å². The molecular weight excluding hydrogens is 401 g/mol.